The molecule has 1 saturated heterocycles. The standard InChI is InChI=1S/C11H19NO4/c1-11(2,3)16-10(15)8-6-7(9(13)14)4-5-12-8/h7-8,12H,4-6H2,1-3H3,(H,13,14)/t7-,8-/m1/s1. The number of hydrogen-bond donors (Lipinski definition) is 2. The Kier molecular flexibility index (Phi) is 3.91. The first-order chi connectivity index (χ1) is 7.29. The molecule has 1 aliphatic rings. The number of aliphatic carboxylic acids is 1. The van der Waals surface area contributed by atoms with E-state index in [0.29, 0.717) is 19.4 Å². The average molecular weight is 229 g/mol. The topological polar surface area (TPSA) is 75.6 Å². The summed E-state index contributed by atoms with van der Waals surface area (Å²) in [5, 5.41) is 11.9. The van der Waals surface area contributed by atoms with Crippen LogP contribution < -0.4 is 5.32 Å². The number of ether oxygens (including phenoxy) is 1. The largest absolute Gasteiger partial charge is 0.481 e. The highest BCUT2D eigenvalue weighted by molar-refractivity contribution is 5.78. The molecule has 5 heteroatoms. The molecule has 92 valence electrons. The molecule has 0 saturated carbocycles. The lowest BCUT2D eigenvalue weighted by Gasteiger charge is -2.29. The first kappa shape index (κ1) is 13.0. The molecule has 0 amide bonds. The number of carbonyl (C=O) groups is 2. The van der Waals surface area contributed by atoms with E-state index in [4.69, 9.17) is 9.84 Å². The van der Waals surface area contributed by atoms with Crippen molar-refractivity contribution in [3.05, 3.63) is 0 Å². The quantitative estimate of drug-likeness (QED) is 0.684. The van der Waals surface area contributed by atoms with Crippen LogP contribution in [0.2, 0.25) is 0 Å². The highest BCUT2D eigenvalue weighted by Gasteiger charge is 2.33. The summed E-state index contributed by atoms with van der Waals surface area (Å²) in [5.74, 6) is -1.65. The lowest BCUT2D eigenvalue weighted by molar-refractivity contribution is -0.159. The molecule has 0 radical (unpaired) electrons. The molecule has 0 aromatic rings. The molecule has 0 bridgehead atoms. The van der Waals surface area contributed by atoms with Crippen LogP contribution in [0.15, 0.2) is 0 Å². The maximum atomic E-state index is 11.7. The molecule has 2 atom stereocenters. The van der Waals surface area contributed by atoms with Gasteiger partial charge in [0, 0.05) is 0 Å². The van der Waals surface area contributed by atoms with Crippen LogP contribution >= 0.6 is 0 Å². The van der Waals surface area contributed by atoms with Gasteiger partial charge in [0.15, 0.2) is 0 Å². The Morgan fingerprint density at radius 1 is 1.38 bits per heavy atom. The third-order valence-corrected chi connectivity index (χ3v) is 2.44. The van der Waals surface area contributed by atoms with Crippen molar-refractivity contribution in [3.63, 3.8) is 0 Å². The van der Waals surface area contributed by atoms with Crippen molar-refractivity contribution in [2.45, 2.75) is 45.3 Å². The lowest BCUT2D eigenvalue weighted by atomic mass is 9.92. The van der Waals surface area contributed by atoms with Gasteiger partial charge in [-0.3, -0.25) is 9.59 Å². The fourth-order valence-electron chi connectivity index (χ4n) is 1.69. The third-order valence-electron chi connectivity index (χ3n) is 2.44. The zero-order valence-electron chi connectivity index (χ0n) is 9.95. The normalized spacial score (nSPS) is 26.2. The maximum absolute atomic E-state index is 11.7. The molecule has 2 N–H and O–H groups in total. The van der Waals surface area contributed by atoms with E-state index in [1.54, 1.807) is 20.8 Å². The average Bonchev–Trinajstić information content (AvgIpc) is 2.15. The van der Waals surface area contributed by atoms with Gasteiger partial charge < -0.3 is 15.2 Å². The molecule has 1 rings (SSSR count). The van der Waals surface area contributed by atoms with Crippen LogP contribution in [0.3, 0.4) is 0 Å². The van der Waals surface area contributed by atoms with Crippen molar-refractivity contribution in [2.75, 3.05) is 6.54 Å². The molecule has 16 heavy (non-hydrogen) atoms. The number of piperidine rings is 1. The second kappa shape index (κ2) is 4.82. The molecule has 1 heterocycles. The van der Waals surface area contributed by atoms with Gasteiger partial charge in [-0.15, -0.1) is 0 Å². The molecule has 0 unspecified atom stereocenters. The summed E-state index contributed by atoms with van der Waals surface area (Å²) >= 11 is 0. The van der Waals surface area contributed by atoms with E-state index in [9.17, 15) is 9.59 Å². The first-order valence-electron chi connectivity index (χ1n) is 5.48. The summed E-state index contributed by atoms with van der Waals surface area (Å²) < 4.78 is 5.21. The van der Waals surface area contributed by atoms with Crippen LogP contribution in [0, 0.1) is 5.92 Å². The van der Waals surface area contributed by atoms with Gasteiger partial charge in [0.25, 0.3) is 0 Å². The number of esters is 1. The van der Waals surface area contributed by atoms with Crippen molar-refractivity contribution < 1.29 is 19.4 Å². The summed E-state index contributed by atoms with van der Waals surface area (Å²) in [7, 11) is 0. The van der Waals surface area contributed by atoms with Gasteiger partial charge in [0.2, 0.25) is 0 Å². The number of carboxylic acids is 1. The molecular weight excluding hydrogens is 210 g/mol. The number of rotatable bonds is 2. The monoisotopic (exact) mass is 229 g/mol. The van der Waals surface area contributed by atoms with Crippen LogP contribution in [0.1, 0.15) is 33.6 Å². The second-order valence-electron chi connectivity index (χ2n) is 5.10. The van der Waals surface area contributed by atoms with E-state index >= 15 is 0 Å². The predicted molar refractivity (Wildman–Crippen MR) is 58.0 cm³/mol. The van der Waals surface area contributed by atoms with Gasteiger partial charge in [-0.05, 0) is 40.2 Å². The van der Waals surface area contributed by atoms with E-state index in [2.05, 4.69) is 5.32 Å². The molecule has 1 fully saturated rings. The Balaban J connectivity index is 2.54. The highest BCUT2D eigenvalue weighted by atomic mass is 16.6. The number of carbonyl (C=O) groups excluding carboxylic acids is 1. The molecule has 5 nitrogen and oxygen atoms in total. The molecule has 1 aliphatic heterocycles. The summed E-state index contributed by atoms with van der Waals surface area (Å²) in [5.41, 5.74) is -0.533. The van der Waals surface area contributed by atoms with Gasteiger partial charge in [-0.2, -0.15) is 0 Å². The minimum Gasteiger partial charge on any atom is -0.481 e. The maximum Gasteiger partial charge on any atom is 0.323 e. The van der Waals surface area contributed by atoms with Crippen molar-refractivity contribution in [3.8, 4) is 0 Å². The minimum absolute atomic E-state index is 0.310. The molecular formula is C11H19NO4. The number of nitrogens with one attached hydrogen (secondary N) is 1. The fraction of sp³-hybridized carbons (Fsp3) is 0.818. The van der Waals surface area contributed by atoms with Crippen molar-refractivity contribution in [1.29, 1.82) is 0 Å². The van der Waals surface area contributed by atoms with Crippen molar-refractivity contribution in [2.24, 2.45) is 5.92 Å². The van der Waals surface area contributed by atoms with Gasteiger partial charge in [0.1, 0.15) is 11.6 Å². The summed E-state index contributed by atoms with van der Waals surface area (Å²) in [6, 6.07) is -0.492. The number of hydrogen-bond acceptors (Lipinski definition) is 4. The van der Waals surface area contributed by atoms with Crippen LogP contribution in [0.4, 0.5) is 0 Å². The third kappa shape index (κ3) is 3.81. The lowest BCUT2D eigenvalue weighted by Crippen LogP contribution is -2.47. The van der Waals surface area contributed by atoms with E-state index in [-0.39, 0.29) is 5.97 Å². The second-order valence-corrected chi connectivity index (χ2v) is 5.10. The summed E-state index contributed by atoms with van der Waals surface area (Å²) in [6.07, 6.45) is 0.874. The van der Waals surface area contributed by atoms with E-state index in [1.807, 2.05) is 0 Å². The van der Waals surface area contributed by atoms with Crippen molar-refractivity contribution >= 4 is 11.9 Å². The summed E-state index contributed by atoms with van der Waals surface area (Å²) in [6.45, 7) is 5.92. The van der Waals surface area contributed by atoms with Crippen molar-refractivity contribution in [1.82, 2.24) is 5.32 Å². The molecule has 0 aromatic heterocycles. The minimum atomic E-state index is -0.838. The van der Waals surface area contributed by atoms with Gasteiger partial charge in [-0.1, -0.05) is 0 Å². The van der Waals surface area contributed by atoms with E-state index in [0.717, 1.165) is 0 Å². The highest BCUT2D eigenvalue weighted by Crippen LogP contribution is 2.19. The molecule has 0 aliphatic carbocycles. The Bertz CT molecular complexity index is 282. The fourth-order valence-corrected chi connectivity index (χ4v) is 1.69. The zero-order chi connectivity index (χ0) is 12.3. The Hall–Kier alpha value is -1.10. The van der Waals surface area contributed by atoms with Crippen LogP contribution in [-0.2, 0) is 14.3 Å². The van der Waals surface area contributed by atoms with Crippen LogP contribution in [0.25, 0.3) is 0 Å². The zero-order valence-corrected chi connectivity index (χ0v) is 9.95. The van der Waals surface area contributed by atoms with E-state index in [1.165, 1.54) is 0 Å². The first-order valence-corrected chi connectivity index (χ1v) is 5.48. The van der Waals surface area contributed by atoms with Gasteiger partial charge >= 0.3 is 11.9 Å². The Morgan fingerprint density at radius 2 is 2.00 bits per heavy atom. The molecule has 0 spiro atoms. The van der Waals surface area contributed by atoms with Gasteiger partial charge in [-0.25, -0.2) is 0 Å². The number of carboxylic acid groups (broad SMARTS) is 1. The Morgan fingerprint density at radius 3 is 2.50 bits per heavy atom. The molecule has 0 aromatic carbocycles. The summed E-state index contributed by atoms with van der Waals surface area (Å²) in [4.78, 5) is 22.5. The van der Waals surface area contributed by atoms with Crippen LogP contribution in [0.5, 0.6) is 0 Å². The predicted octanol–water partition coefficient (Wildman–Crippen LogP) is 0.781. The van der Waals surface area contributed by atoms with Gasteiger partial charge in [0.05, 0.1) is 5.92 Å². The van der Waals surface area contributed by atoms with E-state index < -0.39 is 23.5 Å². The SMILES string of the molecule is CC(C)(C)OC(=O)[C@H]1C[C@H](C(=O)O)CCN1. The smallest absolute Gasteiger partial charge is 0.323 e. The Labute approximate surface area is 95.2 Å². The van der Waals surface area contributed by atoms with Crippen LogP contribution in [-0.4, -0.2) is 35.2 Å².